The highest BCUT2D eigenvalue weighted by atomic mass is 14.9. The second-order valence-corrected chi connectivity index (χ2v) is 4.87. The Hall–Kier alpha value is -0.820. The molecular formula is C13H19N. The van der Waals surface area contributed by atoms with Crippen LogP contribution in [-0.4, -0.2) is 13.6 Å². The average molecular weight is 189 g/mol. The summed E-state index contributed by atoms with van der Waals surface area (Å²) in [5.74, 6) is 1.55. The van der Waals surface area contributed by atoms with E-state index in [1.807, 2.05) is 7.05 Å². The fourth-order valence-electron chi connectivity index (χ4n) is 2.67. The lowest BCUT2D eigenvalue weighted by Gasteiger charge is -2.01. The zero-order chi connectivity index (χ0) is 10.2. The molecule has 0 spiro atoms. The minimum Gasteiger partial charge on any atom is -0.319 e. The molecule has 0 aromatic heterocycles. The monoisotopic (exact) mass is 189 g/mol. The molecule has 14 heavy (non-hydrogen) atoms. The third-order valence-corrected chi connectivity index (χ3v) is 3.63. The van der Waals surface area contributed by atoms with E-state index in [4.69, 9.17) is 0 Å². The van der Waals surface area contributed by atoms with Crippen LogP contribution in [-0.2, 0) is 0 Å². The third kappa shape index (κ3) is 1.46. The Morgan fingerprint density at radius 3 is 2.43 bits per heavy atom. The quantitative estimate of drug-likeness (QED) is 0.770. The van der Waals surface area contributed by atoms with Crippen molar-refractivity contribution in [1.82, 2.24) is 5.32 Å². The topological polar surface area (TPSA) is 12.0 Å². The summed E-state index contributed by atoms with van der Waals surface area (Å²) in [6.07, 6.45) is 0. The average Bonchev–Trinajstić information content (AvgIpc) is 2.71. The fourth-order valence-corrected chi connectivity index (χ4v) is 2.67. The number of benzene rings is 1. The molecule has 1 fully saturated rings. The summed E-state index contributed by atoms with van der Waals surface area (Å²) in [4.78, 5) is 0. The second kappa shape index (κ2) is 3.39. The van der Waals surface area contributed by atoms with Crippen molar-refractivity contribution in [3.05, 3.63) is 35.9 Å². The van der Waals surface area contributed by atoms with Crippen molar-refractivity contribution in [2.75, 3.05) is 13.6 Å². The molecule has 0 heterocycles. The number of hydrogen-bond acceptors (Lipinski definition) is 1. The van der Waals surface area contributed by atoms with E-state index in [2.05, 4.69) is 49.5 Å². The first-order chi connectivity index (χ1) is 6.68. The molecule has 0 aliphatic heterocycles. The Balaban J connectivity index is 2.15. The maximum absolute atomic E-state index is 3.29. The van der Waals surface area contributed by atoms with Gasteiger partial charge in [-0.2, -0.15) is 0 Å². The smallest absolute Gasteiger partial charge is 0.00121 e. The van der Waals surface area contributed by atoms with Gasteiger partial charge in [0.25, 0.3) is 0 Å². The zero-order valence-electron chi connectivity index (χ0n) is 9.25. The van der Waals surface area contributed by atoms with Crippen molar-refractivity contribution in [3.8, 4) is 0 Å². The summed E-state index contributed by atoms with van der Waals surface area (Å²) in [6, 6.07) is 10.9. The third-order valence-electron chi connectivity index (χ3n) is 3.63. The first-order valence-corrected chi connectivity index (χ1v) is 5.37. The van der Waals surface area contributed by atoms with Crippen LogP contribution in [0.1, 0.15) is 25.3 Å². The predicted molar refractivity (Wildman–Crippen MR) is 60.4 cm³/mol. The highest BCUT2D eigenvalue weighted by Gasteiger charge is 2.57. The van der Waals surface area contributed by atoms with E-state index in [-0.39, 0.29) is 0 Å². The van der Waals surface area contributed by atoms with E-state index < -0.39 is 0 Å². The van der Waals surface area contributed by atoms with Crippen LogP contribution in [0.4, 0.5) is 0 Å². The Morgan fingerprint density at radius 2 is 1.86 bits per heavy atom. The summed E-state index contributed by atoms with van der Waals surface area (Å²) in [7, 11) is 2.04. The maximum atomic E-state index is 3.29. The van der Waals surface area contributed by atoms with E-state index in [1.165, 1.54) is 5.56 Å². The van der Waals surface area contributed by atoms with Gasteiger partial charge in [-0.3, -0.25) is 0 Å². The van der Waals surface area contributed by atoms with Gasteiger partial charge in [-0.15, -0.1) is 0 Å². The maximum Gasteiger partial charge on any atom is -0.00121 e. The summed E-state index contributed by atoms with van der Waals surface area (Å²) in [5, 5.41) is 3.29. The van der Waals surface area contributed by atoms with Crippen molar-refractivity contribution in [2.45, 2.75) is 19.8 Å². The SMILES string of the molecule is CNCC1C(c2ccccc2)C1(C)C. The molecule has 0 saturated heterocycles. The minimum absolute atomic E-state index is 0.477. The molecule has 1 aliphatic carbocycles. The molecule has 1 N–H and O–H groups in total. The Bertz CT molecular complexity index is 302. The van der Waals surface area contributed by atoms with E-state index in [0.717, 1.165) is 18.4 Å². The standard InChI is InChI=1S/C13H19N/c1-13(2)11(9-14-3)12(13)10-7-5-4-6-8-10/h4-8,11-12,14H,9H2,1-3H3. The van der Waals surface area contributed by atoms with Gasteiger partial charge in [-0.1, -0.05) is 44.2 Å². The molecule has 1 aromatic carbocycles. The van der Waals surface area contributed by atoms with Crippen LogP contribution in [0.5, 0.6) is 0 Å². The molecule has 76 valence electrons. The summed E-state index contributed by atoms with van der Waals surface area (Å²) in [5.41, 5.74) is 1.97. The molecule has 1 aromatic rings. The lowest BCUT2D eigenvalue weighted by molar-refractivity contribution is 0.536. The van der Waals surface area contributed by atoms with Crippen molar-refractivity contribution >= 4 is 0 Å². The molecule has 0 amide bonds. The van der Waals surface area contributed by atoms with Gasteiger partial charge in [0.1, 0.15) is 0 Å². The Kier molecular flexibility index (Phi) is 2.36. The van der Waals surface area contributed by atoms with Crippen molar-refractivity contribution < 1.29 is 0 Å². The van der Waals surface area contributed by atoms with Crippen LogP contribution in [0, 0.1) is 11.3 Å². The molecule has 1 heteroatoms. The molecule has 0 bridgehead atoms. The van der Waals surface area contributed by atoms with Gasteiger partial charge in [0, 0.05) is 0 Å². The summed E-state index contributed by atoms with van der Waals surface area (Å²) in [6.45, 7) is 5.87. The van der Waals surface area contributed by atoms with Gasteiger partial charge in [0.05, 0.1) is 0 Å². The van der Waals surface area contributed by atoms with Crippen LogP contribution in [0.15, 0.2) is 30.3 Å². The largest absolute Gasteiger partial charge is 0.319 e. The van der Waals surface area contributed by atoms with E-state index in [9.17, 15) is 0 Å². The van der Waals surface area contributed by atoms with Crippen LogP contribution in [0.3, 0.4) is 0 Å². The molecule has 2 atom stereocenters. The lowest BCUT2D eigenvalue weighted by Crippen LogP contribution is -2.12. The van der Waals surface area contributed by atoms with Crippen molar-refractivity contribution in [1.29, 1.82) is 0 Å². The zero-order valence-corrected chi connectivity index (χ0v) is 9.25. The van der Waals surface area contributed by atoms with Gasteiger partial charge in [0.15, 0.2) is 0 Å². The highest BCUT2D eigenvalue weighted by Crippen LogP contribution is 2.63. The minimum atomic E-state index is 0.477. The predicted octanol–water partition coefficient (Wildman–Crippen LogP) is 2.65. The number of hydrogen-bond donors (Lipinski definition) is 1. The van der Waals surface area contributed by atoms with Crippen LogP contribution < -0.4 is 5.32 Å². The molecule has 0 radical (unpaired) electrons. The fraction of sp³-hybridized carbons (Fsp3) is 0.538. The molecular weight excluding hydrogens is 170 g/mol. The molecule has 2 rings (SSSR count). The van der Waals surface area contributed by atoms with Crippen molar-refractivity contribution in [3.63, 3.8) is 0 Å². The van der Waals surface area contributed by atoms with Gasteiger partial charge >= 0.3 is 0 Å². The van der Waals surface area contributed by atoms with Gasteiger partial charge < -0.3 is 5.32 Å². The van der Waals surface area contributed by atoms with E-state index in [0.29, 0.717) is 5.41 Å². The second-order valence-electron chi connectivity index (χ2n) is 4.87. The highest BCUT2D eigenvalue weighted by molar-refractivity contribution is 5.31. The summed E-state index contributed by atoms with van der Waals surface area (Å²) >= 11 is 0. The first-order valence-electron chi connectivity index (χ1n) is 5.37. The van der Waals surface area contributed by atoms with Crippen LogP contribution in [0.25, 0.3) is 0 Å². The van der Waals surface area contributed by atoms with Gasteiger partial charge in [0.2, 0.25) is 0 Å². The van der Waals surface area contributed by atoms with E-state index >= 15 is 0 Å². The van der Waals surface area contributed by atoms with Crippen LogP contribution in [0.2, 0.25) is 0 Å². The molecule has 1 nitrogen and oxygen atoms in total. The molecule has 1 saturated carbocycles. The lowest BCUT2D eigenvalue weighted by atomic mass is 10.0. The number of rotatable bonds is 3. The first kappa shape index (κ1) is 9.72. The molecule has 1 aliphatic rings. The Labute approximate surface area is 86.5 Å². The van der Waals surface area contributed by atoms with E-state index in [1.54, 1.807) is 0 Å². The normalized spacial score (nSPS) is 28.8. The Morgan fingerprint density at radius 1 is 1.21 bits per heavy atom. The van der Waals surface area contributed by atoms with Gasteiger partial charge in [-0.25, -0.2) is 0 Å². The van der Waals surface area contributed by atoms with Crippen LogP contribution >= 0.6 is 0 Å². The molecule has 2 unspecified atom stereocenters. The number of nitrogens with one attached hydrogen (secondary N) is 1. The summed E-state index contributed by atoms with van der Waals surface area (Å²) < 4.78 is 0. The van der Waals surface area contributed by atoms with Crippen molar-refractivity contribution in [2.24, 2.45) is 11.3 Å². The van der Waals surface area contributed by atoms with Gasteiger partial charge in [-0.05, 0) is 36.4 Å².